The molecule has 2 heterocycles. The standard InChI is InChI=1S/C16H25NOS/c1-4-13(12-6-8-17-9-7-12)16-11(3)14(10-19-16)15(18)5-2/h10,12-13,17H,4-9H2,1-3H3. The predicted octanol–water partition coefficient (Wildman–Crippen LogP) is 4.14. The van der Waals surface area contributed by atoms with Crippen LogP contribution in [0.3, 0.4) is 0 Å². The van der Waals surface area contributed by atoms with Crippen molar-refractivity contribution in [2.75, 3.05) is 13.1 Å². The Morgan fingerprint density at radius 2 is 2.11 bits per heavy atom. The van der Waals surface area contributed by atoms with Crippen molar-refractivity contribution in [1.82, 2.24) is 5.32 Å². The van der Waals surface area contributed by atoms with Crippen molar-refractivity contribution < 1.29 is 4.79 Å². The van der Waals surface area contributed by atoms with Crippen molar-refractivity contribution in [3.05, 3.63) is 21.4 Å². The lowest BCUT2D eigenvalue weighted by atomic mass is 9.81. The number of ketones is 1. The Morgan fingerprint density at radius 1 is 1.42 bits per heavy atom. The fourth-order valence-corrected chi connectivity index (χ4v) is 4.62. The Bertz CT molecular complexity index is 432. The Morgan fingerprint density at radius 3 is 2.68 bits per heavy atom. The fourth-order valence-electron chi connectivity index (χ4n) is 3.24. The van der Waals surface area contributed by atoms with Crippen molar-refractivity contribution >= 4 is 17.1 Å². The van der Waals surface area contributed by atoms with Crippen LogP contribution in [-0.4, -0.2) is 18.9 Å². The van der Waals surface area contributed by atoms with Crippen molar-refractivity contribution in [3.63, 3.8) is 0 Å². The van der Waals surface area contributed by atoms with Crippen molar-refractivity contribution in [2.45, 2.75) is 52.4 Å². The molecule has 0 spiro atoms. The quantitative estimate of drug-likeness (QED) is 0.821. The lowest BCUT2D eigenvalue weighted by Crippen LogP contribution is -2.30. The molecule has 2 rings (SSSR count). The van der Waals surface area contributed by atoms with Crippen LogP contribution in [0, 0.1) is 12.8 Å². The van der Waals surface area contributed by atoms with Gasteiger partial charge in [0.1, 0.15) is 0 Å². The van der Waals surface area contributed by atoms with E-state index in [1.807, 2.05) is 6.92 Å². The van der Waals surface area contributed by atoms with Gasteiger partial charge in [0.05, 0.1) is 0 Å². The number of carbonyl (C=O) groups is 1. The molecule has 0 radical (unpaired) electrons. The Balaban J connectivity index is 2.23. The molecule has 3 heteroatoms. The summed E-state index contributed by atoms with van der Waals surface area (Å²) < 4.78 is 0. The molecule has 0 aliphatic carbocycles. The van der Waals surface area contributed by atoms with Gasteiger partial charge < -0.3 is 5.32 Å². The minimum atomic E-state index is 0.292. The summed E-state index contributed by atoms with van der Waals surface area (Å²) in [5.41, 5.74) is 2.22. The Hall–Kier alpha value is -0.670. The summed E-state index contributed by atoms with van der Waals surface area (Å²) in [6, 6.07) is 0. The van der Waals surface area contributed by atoms with E-state index in [9.17, 15) is 4.79 Å². The van der Waals surface area contributed by atoms with Crippen LogP contribution in [0.2, 0.25) is 0 Å². The summed E-state index contributed by atoms with van der Waals surface area (Å²) in [4.78, 5) is 13.4. The van der Waals surface area contributed by atoms with Crippen LogP contribution >= 0.6 is 11.3 Å². The van der Waals surface area contributed by atoms with Crippen LogP contribution in [0.4, 0.5) is 0 Å². The highest BCUT2D eigenvalue weighted by molar-refractivity contribution is 7.10. The third-order valence-corrected chi connectivity index (χ3v) is 5.64. The van der Waals surface area contributed by atoms with Crippen LogP contribution in [0.25, 0.3) is 0 Å². The summed E-state index contributed by atoms with van der Waals surface area (Å²) in [7, 11) is 0. The van der Waals surface area contributed by atoms with Gasteiger partial charge in [0.25, 0.3) is 0 Å². The van der Waals surface area contributed by atoms with Crippen LogP contribution in [0.15, 0.2) is 5.38 Å². The average Bonchev–Trinajstić information content (AvgIpc) is 2.82. The molecule has 1 unspecified atom stereocenters. The van der Waals surface area contributed by atoms with E-state index in [1.54, 1.807) is 11.3 Å². The second kappa shape index (κ2) is 6.67. The van der Waals surface area contributed by atoms with Gasteiger partial charge >= 0.3 is 0 Å². The molecule has 106 valence electrons. The summed E-state index contributed by atoms with van der Waals surface area (Å²) >= 11 is 1.80. The monoisotopic (exact) mass is 279 g/mol. The third-order valence-electron chi connectivity index (χ3n) is 4.43. The summed E-state index contributed by atoms with van der Waals surface area (Å²) in [5, 5.41) is 5.53. The van der Waals surface area contributed by atoms with Gasteiger partial charge in [-0.3, -0.25) is 4.79 Å². The van der Waals surface area contributed by atoms with Crippen LogP contribution in [0.5, 0.6) is 0 Å². The normalized spacial score (nSPS) is 18.5. The molecule has 0 amide bonds. The van der Waals surface area contributed by atoms with E-state index in [0.29, 0.717) is 18.1 Å². The average molecular weight is 279 g/mol. The van der Waals surface area contributed by atoms with Gasteiger partial charge in [0.2, 0.25) is 0 Å². The highest BCUT2D eigenvalue weighted by atomic mass is 32.1. The Kier molecular flexibility index (Phi) is 5.17. The van der Waals surface area contributed by atoms with Gasteiger partial charge in [-0.2, -0.15) is 0 Å². The molecule has 1 N–H and O–H groups in total. The molecule has 1 aliphatic heterocycles. The van der Waals surface area contributed by atoms with E-state index in [1.165, 1.54) is 29.7 Å². The van der Waals surface area contributed by atoms with Gasteiger partial charge in [-0.05, 0) is 56.7 Å². The molecule has 1 aromatic rings. The first-order chi connectivity index (χ1) is 9.19. The first kappa shape index (κ1) is 14.7. The van der Waals surface area contributed by atoms with Crippen molar-refractivity contribution in [3.8, 4) is 0 Å². The number of hydrogen-bond acceptors (Lipinski definition) is 3. The largest absolute Gasteiger partial charge is 0.317 e. The fraction of sp³-hybridized carbons (Fsp3) is 0.688. The number of carbonyl (C=O) groups excluding carboxylic acids is 1. The summed E-state index contributed by atoms with van der Waals surface area (Å²) in [5.74, 6) is 1.72. The van der Waals surface area contributed by atoms with Crippen molar-refractivity contribution in [2.24, 2.45) is 5.92 Å². The topological polar surface area (TPSA) is 29.1 Å². The summed E-state index contributed by atoms with van der Waals surface area (Å²) in [6.45, 7) is 8.66. The van der Waals surface area contributed by atoms with Crippen LogP contribution < -0.4 is 5.32 Å². The van der Waals surface area contributed by atoms with E-state index in [4.69, 9.17) is 0 Å². The second-order valence-electron chi connectivity index (χ2n) is 5.52. The van der Waals surface area contributed by atoms with Gasteiger partial charge in [-0.25, -0.2) is 0 Å². The molecule has 0 saturated carbocycles. The van der Waals surface area contributed by atoms with Gasteiger partial charge in [-0.15, -0.1) is 11.3 Å². The molecule has 0 aromatic carbocycles. The van der Waals surface area contributed by atoms with E-state index in [0.717, 1.165) is 24.6 Å². The van der Waals surface area contributed by atoms with Crippen LogP contribution in [-0.2, 0) is 0 Å². The minimum Gasteiger partial charge on any atom is -0.317 e. The highest BCUT2D eigenvalue weighted by Crippen LogP contribution is 2.39. The molecule has 1 atom stereocenters. The predicted molar refractivity (Wildman–Crippen MR) is 82.3 cm³/mol. The molecular formula is C16H25NOS. The highest BCUT2D eigenvalue weighted by Gasteiger charge is 2.27. The zero-order valence-corrected chi connectivity index (χ0v) is 13.1. The molecule has 1 saturated heterocycles. The zero-order chi connectivity index (χ0) is 13.8. The number of rotatable bonds is 5. The first-order valence-corrected chi connectivity index (χ1v) is 8.38. The first-order valence-electron chi connectivity index (χ1n) is 7.50. The Labute approximate surface area is 120 Å². The maximum atomic E-state index is 11.9. The van der Waals surface area contributed by atoms with E-state index in [2.05, 4.69) is 24.5 Å². The zero-order valence-electron chi connectivity index (χ0n) is 12.3. The number of Topliss-reactive ketones (excluding diaryl/α,β-unsaturated/α-hetero) is 1. The molecule has 1 aromatic heterocycles. The molecule has 1 aliphatic rings. The molecule has 0 bridgehead atoms. The lowest BCUT2D eigenvalue weighted by Gasteiger charge is -2.30. The molecular weight excluding hydrogens is 254 g/mol. The van der Waals surface area contributed by atoms with Crippen molar-refractivity contribution in [1.29, 1.82) is 0 Å². The van der Waals surface area contributed by atoms with Gasteiger partial charge in [0.15, 0.2) is 5.78 Å². The van der Waals surface area contributed by atoms with E-state index < -0.39 is 0 Å². The summed E-state index contributed by atoms with van der Waals surface area (Å²) in [6.07, 6.45) is 4.34. The molecule has 1 fully saturated rings. The number of piperidine rings is 1. The molecule has 19 heavy (non-hydrogen) atoms. The second-order valence-corrected chi connectivity index (χ2v) is 6.43. The van der Waals surface area contributed by atoms with Crippen LogP contribution in [0.1, 0.15) is 66.2 Å². The maximum absolute atomic E-state index is 11.9. The smallest absolute Gasteiger partial charge is 0.163 e. The third kappa shape index (κ3) is 3.09. The molecule has 2 nitrogen and oxygen atoms in total. The van der Waals surface area contributed by atoms with E-state index in [-0.39, 0.29) is 0 Å². The SMILES string of the molecule is CCC(=O)c1csc(C(CC)C2CCNCC2)c1C. The maximum Gasteiger partial charge on any atom is 0.163 e. The number of thiophene rings is 1. The van der Waals surface area contributed by atoms with Gasteiger partial charge in [0, 0.05) is 22.2 Å². The lowest BCUT2D eigenvalue weighted by molar-refractivity contribution is 0.0988. The number of hydrogen-bond donors (Lipinski definition) is 1. The number of nitrogens with one attached hydrogen (secondary N) is 1. The van der Waals surface area contributed by atoms with Gasteiger partial charge in [-0.1, -0.05) is 13.8 Å². The van der Waals surface area contributed by atoms with E-state index >= 15 is 0 Å². The minimum absolute atomic E-state index is 0.292.